The van der Waals surface area contributed by atoms with Crippen LogP contribution < -0.4 is 16.2 Å². The molecule has 2 rings (SSSR count). The molecule has 0 saturated carbocycles. The molecule has 18 heavy (non-hydrogen) atoms. The summed E-state index contributed by atoms with van der Waals surface area (Å²) >= 11 is -2.13. The van der Waals surface area contributed by atoms with Gasteiger partial charge in [-0.05, 0) is 23.6 Å². The topological polar surface area (TPSA) is 127 Å². The molecule has 1 aromatic heterocycles. The van der Waals surface area contributed by atoms with Gasteiger partial charge in [-0.1, -0.05) is 6.07 Å². The lowest BCUT2D eigenvalue weighted by Crippen LogP contribution is -2.22. The Kier molecular flexibility index (Phi) is 3.40. The number of nitrogens with two attached hydrogens (primary N) is 2. The zero-order valence-corrected chi connectivity index (χ0v) is 10.0. The molecular formula is C10H11N5O2S. The van der Waals surface area contributed by atoms with Crippen LogP contribution in [0, 0.1) is 0 Å². The van der Waals surface area contributed by atoms with Crippen molar-refractivity contribution in [2.24, 2.45) is 16.5 Å². The van der Waals surface area contributed by atoms with Crippen molar-refractivity contribution in [3.05, 3.63) is 30.5 Å². The molecule has 94 valence electrons. The molecule has 6 N–H and O–H groups in total. The van der Waals surface area contributed by atoms with Crippen LogP contribution >= 0.6 is 0 Å². The quantitative estimate of drug-likeness (QED) is 0.369. The average Bonchev–Trinajstić information content (AvgIpc) is 2.28. The number of aliphatic imine (C=N–C) groups is 1. The molecule has 1 unspecified atom stereocenters. The Bertz CT molecular complexity index is 639. The first kappa shape index (κ1) is 12.3. The standard InChI is InChI=1S/C10H11N5O2S/c11-10(12)14-9-8-5-7(15-18(16)17)2-1-6(8)3-4-13-9/h1-5,15H,(H,16,17)(H4,11,12,13,14). The Labute approximate surface area is 105 Å². The van der Waals surface area contributed by atoms with Gasteiger partial charge < -0.3 is 11.5 Å². The Hall–Kier alpha value is -2.19. The molecule has 8 heteroatoms. The molecule has 1 aromatic carbocycles. The number of guanidine groups is 1. The van der Waals surface area contributed by atoms with Gasteiger partial charge in [-0.15, -0.1) is 0 Å². The third kappa shape index (κ3) is 2.73. The van der Waals surface area contributed by atoms with E-state index in [0.29, 0.717) is 16.9 Å². The summed E-state index contributed by atoms with van der Waals surface area (Å²) in [5, 5.41) is 1.56. The van der Waals surface area contributed by atoms with Gasteiger partial charge in [0.2, 0.25) is 0 Å². The summed E-state index contributed by atoms with van der Waals surface area (Å²) in [6.45, 7) is 0. The number of nitrogens with zero attached hydrogens (tertiary/aromatic N) is 2. The molecular weight excluding hydrogens is 254 g/mol. The van der Waals surface area contributed by atoms with Gasteiger partial charge >= 0.3 is 0 Å². The maximum atomic E-state index is 10.7. The summed E-state index contributed by atoms with van der Waals surface area (Å²) in [6, 6.07) is 6.90. The molecule has 0 aliphatic heterocycles. The Morgan fingerprint density at radius 3 is 2.83 bits per heavy atom. The van der Waals surface area contributed by atoms with E-state index < -0.39 is 11.3 Å². The fraction of sp³-hybridized carbons (Fsp3) is 0. The molecule has 0 bridgehead atoms. The summed E-state index contributed by atoms with van der Waals surface area (Å²) in [6.07, 6.45) is 1.58. The van der Waals surface area contributed by atoms with Crippen molar-refractivity contribution in [2.45, 2.75) is 0 Å². The molecule has 0 fully saturated rings. The van der Waals surface area contributed by atoms with Crippen LogP contribution in [0.3, 0.4) is 0 Å². The van der Waals surface area contributed by atoms with Gasteiger partial charge in [-0.25, -0.2) is 9.19 Å². The molecule has 0 amide bonds. The van der Waals surface area contributed by atoms with Crippen LogP contribution in [0.2, 0.25) is 0 Å². The SMILES string of the molecule is NC(N)=Nc1nccc2ccc(NS(=O)O)cc12. The van der Waals surface area contributed by atoms with Gasteiger partial charge in [-0.3, -0.25) is 9.27 Å². The molecule has 7 nitrogen and oxygen atoms in total. The van der Waals surface area contributed by atoms with Crippen LogP contribution in [-0.4, -0.2) is 19.7 Å². The highest BCUT2D eigenvalue weighted by Crippen LogP contribution is 2.26. The van der Waals surface area contributed by atoms with E-state index in [1.165, 1.54) is 0 Å². The average molecular weight is 265 g/mol. The van der Waals surface area contributed by atoms with Crippen molar-refractivity contribution in [1.29, 1.82) is 0 Å². The number of nitrogens with one attached hydrogen (secondary N) is 1. The molecule has 1 heterocycles. The lowest BCUT2D eigenvalue weighted by atomic mass is 10.1. The smallest absolute Gasteiger partial charge is 0.259 e. The van der Waals surface area contributed by atoms with Crippen LogP contribution in [-0.2, 0) is 11.3 Å². The third-order valence-corrected chi connectivity index (χ3v) is 2.60. The molecule has 0 radical (unpaired) electrons. The van der Waals surface area contributed by atoms with E-state index in [1.807, 2.05) is 0 Å². The van der Waals surface area contributed by atoms with E-state index in [9.17, 15) is 4.21 Å². The lowest BCUT2D eigenvalue weighted by molar-refractivity contribution is 0.570. The lowest BCUT2D eigenvalue weighted by Gasteiger charge is -2.05. The van der Waals surface area contributed by atoms with E-state index in [4.69, 9.17) is 16.0 Å². The van der Waals surface area contributed by atoms with Gasteiger partial charge in [0, 0.05) is 17.3 Å². The number of rotatable bonds is 3. The Morgan fingerprint density at radius 1 is 1.39 bits per heavy atom. The van der Waals surface area contributed by atoms with Gasteiger partial charge in [0.15, 0.2) is 11.8 Å². The molecule has 2 aromatic rings. The highest BCUT2D eigenvalue weighted by Gasteiger charge is 2.04. The number of anilines is 1. The summed E-state index contributed by atoms with van der Waals surface area (Å²) in [7, 11) is 0. The predicted molar refractivity (Wildman–Crippen MR) is 71.6 cm³/mol. The minimum absolute atomic E-state index is 0.0981. The summed E-state index contributed by atoms with van der Waals surface area (Å²) < 4.78 is 21.8. The molecule has 0 aliphatic carbocycles. The molecule has 0 saturated heterocycles. The maximum Gasteiger partial charge on any atom is 0.259 e. The Morgan fingerprint density at radius 2 is 2.17 bits per heavy atom. The highest BCUT2D eigenvalue weighted by atomic mass is 32.2. The largest absolute Gasteiger partial charge is 0.370 e. The molecule has 0 aliphatic rings. The number of fused-ring (bicyclic) bond motifs is 1. The summed E-state index contributed by atoms with van der Waals surface area (Å²) in [5.74, 6) is 0.263. The van der Waals surface area contributed by atoms with Gasteiger partial charge in [-0.2, -0.15) is 4.99 Å². The van der Waals surface area contributed by atoms with Crippen molar-refractivity contribution in [3.63, 3.8) is 0 Å². The van der Waals surface area contributed by atoms with E-state index in [1.54, 1.807) is 30.5 Å². The van der Waals surface area contributed by atoms with Crippen molar-refractivity contribution in [1.82, 2.24) is 4.98 Å². The van der Waals surface area contributed by atoms with Gasteiger partial charge in [0.25, 0.3) is 11.3 Å². The first-order valence-corrected chi connectivity index (χ1v) is 6.03. The minimum Gasteiger partial charge on any atom is -0.370 e. The van der Waals surface area contributed by atoms with Crippen molar-refractivity contribution >= 4 is 39.5 Å². The van der Waals surface area contributed by atoms with E-state index in [0.717, 1.165) is 5.39 Å². The van der Waals surface area contributed by atoms with Crippen molar-refractivity contribution in [3.8, 4) is 0 Å². The Balaban J connectivity index is 2.58. The summed E-state index contributed by atoms with van der Waals surface area (Å²) in [4.78, 5) is 7.96. The van der Waals surface area contributed by atoms with E-state index in [2.05, 4.69) is 14.7 Å². The molecule has 1 atom stereocenters. The van der Waals surface area contributed by atoms with Crippen molar-refractivity contribution in [2.75, 3.05) is 4.72 Å². The summed E-state index contributed by atoms with van der Waals surface area (Å²) in [5.41, 5.74) is 11.1. The van der Waals surface area contributed by atoms with Crippen LogP contribution in [0.4, 0.5) is 11.5 Å². The maximum absolute atomic E-state index is 10.7. The second kappa shape index (κ2) is 4.98. The number of hydrogen-bond acceptors (Lipinski definition) is 3. The normalized spacial score (nSPS) is 12.1. The second-order valence-electron chi connectivity index (χ2n) is 3.46. The first-order valence-electron chi connectivity index (χ1n) is 4.92. The van der Waals surface area contributed by atoms with E-state index >= 15 is 0 Å². The highest BCUT2D eigenvalue weighted by molar-refractivity contribution is 7.80. The van der Waals surface area contributed by atoms with Gasteiger partial charge in [0.1, 0.15) is 0 Å². The van der Waals surface area contributed by atoms with Crippen LogP contribution in [0.1, 0.15) is 0 Å². The fourth-order valence-corrected chi connectivity index (χ4v) is 1.86. The van der Waals surface area contributed by atoms with Gasteiger partial charge in [0.05, 0.1) is 0 Å². The van der Waals surface area contributed by atoms with Crippen LogP contribution in [0.5, 0.6) is 0 Å². The number of aromatic nitrogens is 1. The van der Waals surface area contributed by atoms with E-state index in [-0.39, 0.29) is 5.96 Å². The minimum atomic E-state index is -2.13. The first-order chi connectivity index (χ1) is 8.56. The second-order valence-corrected chi connectivity index (χ2v) is 4.16. The number of benzene rings is 1. The van der Waals surface area contributed by atoms with Crippen LogP contribution in [0.25, 0.3) is 10.8 Å². The zero-order valence-electron chi connectivity index (χ0n) is 9.20. The number of hydrogen-bond donors (Lipinski definition) is 4. The monoisotopic (exact) mass is 265 g/mol. The number of pyridine rings is 1. The van der Waals surface area contributed by atoms with Crippen LogP contribution in [0.15, 0.2) is 35.5 Å². The fourth-order valence-electron chi connectivity index (χ4n) is 1.53. The van der Waals surface area contributed by atoms with Crippen molar-refractivity contribution < 1.29 is 8.76 Å². The third-order valence-electron chi connectivity index (χ3n) is 2.19. The predicted octanol–water partition coefficient (Wildman–Crippen LogP) is 0.688. The zero-order chi connectivity index (χ0) is 13.1. The molecule has 0 spiro atoms.